The summed E-state index contributed by atoms with van der Waals surface area (Å²) >= 11 is 0. The Balaban J connectivity index is 1.51. The van der Waals surface area contributed by atoms with Crippen molar-refractivity contribution >= 4 is 17.6 Å². The topological polar surface area (TPSA) is 69.2 Å². The van der Waals surface area contributed by atoms with Crippen molar-refractivity contribution in [2.45, 2.75) is 45.3 Å². The van der Waals surface area contributed by atoms with Gasteiger partial charge in [-0.25, -0.2) is 0 Å². The molecule has 1 atom stereocenters. The summed E-state index contributed by atoms with van der Waals surface area (Å²) in [6, 6.07) is 7.05. The van der Waals surface area contributed by atoms with Gasteiger partial charge in [-0.2, -0.15) is 8.78 Å². The zero-order chi connectivity index (χ0) is 21.3. The number of nitrogens with one attached hydrogen (secondary N) is 2. The van der Waals surface area contributed by atoms with E-state index in [9.17, 15) is 13.6 Å². The molecule has 0 aromatic heterocycles. The molecule has 0 aliphatic carbocycles. The molecule has 30 heavy (non-hydrogen) atoms. The number of rotatable bonds is 9. The number of hydrogen-bond acceptors (Lipinski definition) is 4. The third-order valence-corrected chi connectivity index (χ3v) is 5.32. The molecule has 2 aliphatic heterocycles. The fourth-order valence-corrected chi connectivity index (χ4v) is 3.92. The van der Waals surface area contributed by atoms with Crippen molar-refractivity contribution in [2.24, 2.45) is 4.99 Å². The zero-order valence-electron chi connectivity index (χ0n) is 17.4. The van der Waals surface area contributed by atoms with Gasteiger partial charge in [0.05, 0.1) is 5.69 Å². The number of carbonyl (C=O) groups is 1. The smallest absolute Gasteiger partial charge is 0.387 e. The van der Waals surface area contributed by atoms with Crippen LogP contribution in [0.3, 0.4) is 0 Å². The molecule has 2 N–H and O–H groups in total. The molecule has 1 unspecified atom stereocenters. The highest BCUT2D eigenvalue weighted by molar-refractivity contribution is 5.80. The molecule has 1 aromatic carbocycles. The minimum absolute atomic E-state index is 0.155. The molecule has 2 aliphatic rings. The molecule has 0 radical (unpaired) electrons. The summed E-state index contributed by atoms with van der Waals surface area (Å²) in [6.07, 6.45) is 3.32. The molecule has 3 rings (SSSR count). The number of aliphatic imine (C=N–C) groups is 1. The molecule has 1 amide bonds. The van der Waals surface area contributed by atoms with Crippen molar-refractivity contribution in [3.8, 4) is 5.75 Å². The van der Waals surface area contributed by atoms with E-state index in [0.29, 0.717) is 25.2 Å². The van der Waals surface area contributed by atoms with Gasteiger partial charge >= 0.3 is 6.61 Å². The molecular weight excluding hydrogens is 392 g/mol. The Bertz CT molecular complexity index is 731. The number of halogens is 2. The summed E-state index contributed by atoms with van der Waals surface area (Å²) in [4.78, 5) is 20.3. The number of amides is 1. The van der Waals surface area contributed by atoms with Crippen molar-refractivity contribution in [3.63, 3.8) is 0 Å². The Morgan fingerprint density at radius 2 is 2.17 bits per heavy atom. The van der Waals surface area contributed by atoms with Crippen LogP contribution in [0.25, 0.3) is 0 Å². The van der Waals surface area contributed by atoms with E-state index in [0.717, 1.165) is 51.4 Å². The van der Waals surface area contributed by atoms with Crippen LogP contribution in [-0.2, 0) is 4.79 Å². The number of likely N-dealkylation sites (tertiary alicyclic amines) is 1. The van der Waals surface area contributed by atoms with E-state index in [4.69, 9.17) is 0 Å². The van der Waals surface area contributed by atoms with Gasteiger partial charge < -0.3 is 25.2 Å². The van der Waals surface area contributed by atoms with Crippen molar-refractivity contribution in [1.82, 2.24) is 15.5 Å². The predicted octanol–water partition coefficient (Wildman–Crippen LogP) is 2.43. The van der Waals surface area contributed by atoms with E-state index < -0.39 is 6.61 Å². The Morgan fingerprint density at radius 1 is 1.33 bits per heavy atom. The van der Waals surface area contributed by atoms with Crippen LogP contribution in [0, 0.1) is 0 Å². The molecule has 2 fully saturated rings. The van der Waals surface area contributed by atoms with Gasteiger partial charge in [-0.05, 0) is 38.3 Å². The number of alkyl halides is 2. The second-order valence-corrected chi connectivity index (χ2v) is 7.52. The Labute approximate surface area is 176 Å². The summed E-state index contributed by atoms with van der Waals surface area (Å²) in [6.45, 7) is 3.59. The van der Waals surface area contributed by atoms with Crippen LogP contribution in [-0.4, -0.2) is 68.7 Å². The van der Waals surface area contributed by atoms with E-state index in [1.165, 1.54) is 0 Å². The van der Waals surface area contributed by atoms with E-state index in [1.54, 1.807) is 18.2 Å². The third-order valence-electron chi connectivity index (χ3n) is 5.32. The quantitative estimate of drug-likeness (QED) is 0.363. The van der Waals surface area contributed by atoms with Crippen LogP contribution in [0.5, 0.6) is 5.75 Å². The second kappa shape index (κ2) is 11.0. The van der Waals surface area contributed by atoms with Gasteiger partial charge in [-0.1, -0.05) is 12.1 Å². The maximum atomic E-state index is 12.7. The lowest BCUT2D eigenvalue weighted by Gasteiger charge is -2.22. The minimum Gasteiger partial charge on any atom is -0.433 e. The van der Waals surface area contributed by atoms with Crippen LogP contribution in [0.15, 0.2) is 29.3 Å². The fraction of sp³-hybridized carbons (Fsp3) is 0.619. The number of guanidine groups is 1. The van der Waals surface area contributed by atoms with Gasteiger partial charge in [0.15, 0.2) is 5.96 Å². The molecular formula is C21H31F2N5O2. The number of para-hydroxylation sites is 2. The normalized spacial score (nSPS) is 19.7. The lowest BCUT2D eigenvalue weighted by atomic mass is 10.2. The van der Waals surface area contributed by atoms with E-state index in [2.05, 4.69) is 25.3 Å². The molecule has 2 heterocycles. The molecule has 2 saturated heterocycles. The summed E-state index contributed by atoms with van der Waals surface area (Å²) in [5.41, 5.74) is 0.680. The molecule has 7 nitrogen and oxygen atoms in total. The van der Waals surface area contributed by atoms with Gasteiger partial charge in [-0.15, -0.1) is 0 Å². The highest BCUT2D eigenvalue weighted by Gasteiger charge is 2.26. The summed E-state index contributed by atoms with van der Waals surface area (Å²) < 4.78 is 30.0. The molecule has 0 bridgehead atoms. The van der Waals surface area contributed by atoms with Crippen LogP contribution in [0.4, 0.5) is 14.5 Å². The Morgan fingerprint density at radius 3 is 2.90 bits per heavy atom. The Kier molecular flexibility index (Phi) is 8.10. The van der Waals surface area contributed by atoms with Gasteiger partial charge in [-0.3, -0.25) is 9.79 Å². The fourth-order valence-electron chi connectivity index (χ4n) is 3.92. The number of anilines is 1. The highest BCUT2D eigenvalue weighted by Crippen LogP contribution is 2.31. The van der Waals surface area contributed by atoms with Crippen LogP contribution >= 0.6 is 0 Å². The molecule has 0 spiro atoms. The lowest BCUT2D eigenvalue weighted by Crippen LogP contribution is -2.44. The average molecular weight is 424 g/mol. The number of carbonyl (C=O) groups excluding carboxylic acids is 1. The number of benzene rings is 1. The van der Waals surface area contributed by atoms with Gasteiger partial charge in [0.2, 0.25) is 5.91 Å². The predicted molar refractivity (Wildman–Crippen MR) is 113 cm³/mol. The first-order valence-electron chi connectivity index (χ1n) is 10.7. The third kappa shape index (κ3) is 6.21. The summed E-state index contributed by atoms with van der Waals surface area (Å²) in [7, 11) is 0. The van der Waals surface area contributed by atoms with Crippen LogP contribution in [0.2, 0.25) is 0 Å². The maximum Gasteiger partial charge on any atom is 0.387 e. The standard InChI is InChI=1S/C21H31F2N5O2/c1-2-24-21(25-11-6-13-27-12-5-9-19(27)29)26-16-10-14-28(15-16)17-7-3-4-8-18(17)30-20(22)23/h3-4,7-8,16,20H,2,5-6,9-15H2,1H3,(H2,24,25,26). The highest BCUT2D eigenvalue weighted by atomic mass is 19.3. The first-order valence-corrected chi connectivity index (χ1v) is 10.7. The van der Waals surface area contributed by atoms with Crippen molar-refractivity contribution < 1.29 is 18.3 Å². The van der Waals surface area contributed by atoms with Crippen molar-refractivity contribution in [2.75, 3.05) is 44.2 Å². The number of hydrogen-bond donors (Lipinski definition) is 2. The molecule has 1 aromatic rings. The molecule has 166 valence electrons. The minimum atomic E-state index is -2.84. The monoisotopic (exact) mass is 423 g/mol. The molecule has 0 saturated carbocycles. The largest absolute Gasteiger partial charge is 0.433 e. The van der Waals surface area contributed by atoms with Crippen molar-refractivity contribution in [3.05, 3.63) is 24.3 Å². The maximum absolute atomic E-state index is 12.7. The van der Waals surface area contributed by atoms with Gasteiger partial charge in [0, 0.05) is 51.7 Å². The summed E-state index contributed by atoms with van der Waals surface area (Å²) in [5.74, 6) is 1.19. The first kappa shape index (κ1) is 22.1. The lowest BCUT2D eigenvalue weighted by molar-refractivity contribution is -0.127. The Hall–Kier alpha value is -2.58. The van der Waals surface area contributed by atoms with E-state index in [1.807, 2.05) is 17.9 Å². The zero-order valence-corrected chi connectivity index (χ0v) is 17.4. The molecule has 9 heteroatoms. The van der Waals surface area contributed by atoms with Crippen molar-refractivity contribution in [1.29, 1.82) is 0 Å². The number of nitrogens with zero attached hydrogens (tertiary/aromatic N) is 3. The van der Waals surface area contributed by atoms with E-state index in [-0.39, 0.29) is 17.7 Å². The average Bonchev–Trinajstić information content (AvgIpc) is 3.34. The number of ether oxygens (including phenoxy) is 1. The van der Waals surface area contributed by atoms with Gasteiger partial charge in [0.25, 0.3) is 0 Å². The second-order valence-electron chi connectivity index (χ2n) is 7.52. The first-order chi connectivity index (χ1) is 14.6. The SMILES string of the molecule is CCNC(=NCCCN1CCCC1=O)NC1CCN(c2ccccc2OC(F)F)C1. The van der Waals surface area contributed by atoms with Crippen LogP contribution in [0.1, 0.15) is 32.6 Å². The van der Waals surface area contributed by atoms with E-state index >= 15 is 0 Å². The van der Waals surface area contributed by atoms with Crippen LogP contribution < -0.4 is 20.3 Å². The van der Waals surface area contributed by atoms with Gasteiger partial charge in [0.1, 0.15) is 5.75 Å². The summed E-state index contributed by atoms with van der Waals surface area (Å²) in [5, 5.41) is 6.70.